The Bertz CT molecular complexity index is 361. The lowest BCUT2D eigenvalue weighted by Crippen LogP contribution is -2.26. The summed E-state index contributed by atoms with van der Waals surface area (Å²) in [7, 11) is 0. The van der Waals surface area contributed by atoms with Crippen molar-refractivity contribution in [2.24, 2.45) is 0 Å². The van der Waals surface area contributed by atoms with E-state index in [1.165, 1.54) is 0 Å². The fourth-order valence-corrected chi connectivity index (χ4v) is 2.09. The predicted molar refractivity (Wildman–Crippen MR) is 64.4 cm³/mol. The van der Waals surface area contributed by atoms with Gasteiger partial charge in [0.05, 0.1) is 28.5 Å². The highest BCUT2D eigenvalue weighted by Gasteiger charge is 2.23. The van der Waals surface area contributed by atoms with E-state index in [9.17, 15) is 0 Å². The maximum absolute atomic E-state index is 5.82. The van der Waals surface area contributed by atoms with E-state index < -0.39 is 0 Å². The summed E-state index contributed by atoms with van der Waals surface area (Å²) >= 11 is 9.16. The number of hydrogen-bond donors (Lipinski definition) is 1. The molecule has 1 saturated heterocycles. The van der Waals surface area contributed by atoms with Crippen LogP contribution >= 0.6 is 27.5 Å². The molecule has 0 saturated carbocycles. The Morgan fingerprint density at radius 1 is 1.67 bits per heavy atom. The van der Waals surface area contributed by atoms with Gasteiger partial charge in [0.25, 0.3) is 0 Å². The van der Waals surface area contributed by atoms with Gasteiger partial charge < -0.3 is 10.1 Å². The first-order valence-corrected chi connectivity index (χ1v) is 6.03. The first-order chi connectivity index (χ1) is 7.16. The van der Waals surface area contributed by atoms with E-state index >= 15 is 0 Å². The monoisotopic (exact) mass is 290 g/mol. The summed E-state index contributed by atoms with van der Waals surface area (Å²) in [6.07, 6.45) is 3.01. The van der Waals surface area contributed by atoms with Crippen LogP contribution in [0.3, 0.4) is 0 Å². The number of hydrogen-bond acceptors (Lipinski definition) is 3. The molecule has 2 atom stereocenters. The topological polar surface area (TPSA) is 34.1 Å². The summed E-state index contributed by atoms with van der Waals surface area (Å²) in [5.74, 6) is 0. The SMILES string of the molecule is CC1OCCC1Nc1cnc(Cl)c(Br)c1. The van der Waals surface area contributed by atoms with Gasteiger partial charge in [0, 0.05) is 6.61 Å². The van der Waals surface area contributed by atoms with Gasteiger partial charge >= 0.3 is 0 Å². The molecule has 1 aliphatic heterocycles. The van der Waals surface area contributed by atoms with Crippen LogP contribution < -0.4 is 5.32 Å². The zero-order valence-electron chi connectivity index (χ0n) is 8.34. The normalized spacial score (nSPS) is 25.5. The highest BCUT2D eigenvalue weighted by atomic mass is 79.9. The molecule has 0 amide bonds. The average molecular weight is 292 g/mol. The Morgan fingerprint density at radius 2 is 2.47 bits per heavy atom. The van der Waals surface area contributed by atoms with Crippen LogP contribution in [-0.2, 0) is 4.74 Å². The van der Waals surface area contributed by atoms with Gasteiger partial charge in [-0.05, 0) is 35.3 Å². The van der Waals surface area contributed by atoms with Gasteiger partial charge in [0.1, 0.15) is 5.15 Å². The Balaban J connectivity index is 2.07. The van der Waals surface area contributed by atoms with Crippen molar-refractivity contribution in [3.05, 3.63) is 21.9 Å². The van der Waals surface area contributed by atoms with Crippen LogP contribution in [0.2, 0.25) is 5.15 Å². The molecule has 0 radical (unpaired) electrons. The Kier molecular flexibility index (Phi) is 3.49. The van der Waals surface area contributed by atoms with Crippen molar-refractivity contribution >= 4 is 33.2 Å². The van der Waals surface area contributed by atoms with Crippen LogP contribution in [0.15, 0.2) is 16.7 Å². The quantitative estimate of drug-likeness (QED) is 0.850. The van der Waals surface area contributed by atoms with Gasteiger partial charge in [-0.1, -0.05) is 11.6 Å². The van der Waals surface area contributed by atoms with Crippen molar-refractivity contribution in [2.75, 3.05) is 11.9 Å². The molecule has 0 bridgehead atoms. The third-order valence-corrected chi connectivity index (χ3v) is 3.66. The molecule has 1 aromatic heterocycles. The first-order valence-electron chi connectivity index (χ1n) is 4.86. The van der Waals surface area contributed by atoms with Crippen molar-refractivity contribution in [3.63, 3.8) is 0 Å². The van der Waals surface area contributed by atoms with Crippen molar-refractivity contribution in [1.82, 2.24) is 4.98 Å². The van der Waals surface area contributed by atoms with Crippen molar-refractivity contribution in [1.29, 1.82) is 0 Å². The van der Waals surface area contributed by atoms with Gasteiger partial charge in [-0.25, -0.2) is 4.98 Å². The van der Waals surface area contributed by atoms with E-state index in [-0.39, 0.29) is 6.10 Å². The fourth-order valence-electron chi connectivity index (χ4n) is 1.64. The lowest BCUT2D eigenvalue weighted by molar-refractivity contribution is 0.121. The zero-order chi connectivity index (χ0) is 10.8. The van der Waals surface area contributed by atoms with E-state index in [1.54, 1.807) is 6.20 Å². The second-order valence-electron chi connectivity index (χ2n) is 3.61. The highest BCUT2D eigenvalue weighted by Crippen LogP contribution is 2.25. The molecule has 2 unspecified atom stereocenters. The molecule has 1 fully saturated rings. The average Bonchev–Trinajstić information content (AvgIpc) is 2.59. The second-order valence-corrected chi connectivity index (χ2v) is 4.82. The lowest BCUT2D eigenvalue weighted by atomic mass is 10.1. The molecule has 82 valence electrons. The lowest BCUT2D eigenvalue weighted by Gasteiger charge is -2.17. The van der Waals surface area contributed by atoms with Crippen LogP contribution in [0, 0.1) is 0 Å². The number of ether oxygens (including phenoxy) is 1. The summed E-state index contributed by atoms with van der Waals surface area (Å²) in [4.78, 5) is 4.06. The van der Waals surface area contributed by atoms with Gasteiger partial charge in [0.15, 0.2) is 0 Å². The molecule has 0 spiro atoms. The van der Waals surface area contributed by atoms with Crippen molar-refractivity contribution in [3.8, 4) is 0 Å². The van der Waals surface area contributed by atoms with Crippen LogP contribution in [0.1, 0.15) is 13.3 Å². The van der Waals surface area contributed by atoms with E-state index in [0.29, 0.717) is 11.2 Å². The van der Waals surface area contributed by atoms with E-state index in [0.717, 1.165) is 23.2 Å². The fraction of sp³-hybridized carbons (Fsp3) is 0.500. The Labute approximate surface area is 102 Å². The number of anilines is 1. The van der Waals surface area contributed by atoms with Crippen LogP contribution in [0.25, 0.3) is 0 Å². The number of nitrogens with one attached hydrogen (secondary N) is 1. The molecule has 1 N–H and O–H groups in total. The van der Waals surface area contributed by atoms with Gasteiger partial charge in [0.2, 0.25) is 0 Å². The molecule has 3 nitrogen and oxygen atoms in total. The first kappa shape index (κ1) is 11.2. The molecule has 0 aromatic carbocycles. The maximum atomic E-state index is 5.82. The molecule has 2 rings (SSSR count). The summed E-state index contributed by atoms with van der Waals surface area (Å²) < 4.78 is 6.28. The molecule has 5 heteroatoms. The molecule has 1 aromatic rings. The number of rotatable bonds is 2. The van der Waals surface area contributed by atoms with Crippen LogP contribution in [0.5, 0.6) is 0 Å². The molecule has 2 heterocycles. The summed E-state index contributed by atoms with van der Waals surface area (Å²) in [6, 6.07) is 2.29. The molecule has 1 aliphatic rings. The van der Waals surface area contributed by atoms with Gasteiger partial charge in [-0.15, -0.1) is 0 Å². The number of aromatic nitrogens is 1. The van der Waals surface area contributed by atoms with Crippen LogP contribution in [-0.4, -0.2) is 23.7 Å². The maximum Gasteiger partial charge on any atom is 0.143 e. The van der Waals surface area contributed by atoms with Crippen molar-refractivity contribution in [2.45, 2.75) is 25.5 Å². The van der Waals surface area contributed by atoms with Gasteiger partial charge in [-0.3, -0.25) is 0 Å². The molecule has 15 heavy (non-hydrogen) atoms. The minimum absolute atomic E-state index is 0.249. The molecular formula is C10H12BrClN2O. The minimum Gasteiger partial charge on any atom is -0.378 e. The van der Waals surface area contributed by atoms with Gasteiger partial charge in [-0.2, -0.15) is 0 Å². The van der Waals surface area contributed by atoms with E-state index in [1.807, 2.05) is 6.07 Å². The number of nitrogens with zero attached hydrogens (tertiary/aromatic N) is 1. The van der Waals surface area contributed by atoms with E-state index in [4.69, 9.17) is 16.3 Å². The van der Waals surface area contributed by atoms with E-state index in [2.05, 4.69) is 33.2 Å². The third-order valence-electron chi connectivity index (χ3n) is 2.52. The predicted octanol–water partition coefficient (Wildman–Crippen LogP) is 3.09. The largest absolute Gasteiger partial charge is 0.378 e. The number of pyridine rings is 1. The van der Waals surface area contributed by atoms with Crippen molar-refractivity contribution < 1.29 is 4.74 Å². The number of halogens is 2. The van der Waals surface area contributed by atoms with Crippen LogP contribution in [0.4, 0.5) is 5.69 Å². The second kappa shape index (κ2) is 4.68. The standard InChI is InChI=1S/C10H12BrClN2O/c1-6-9(2-3-15-6)14-7-4-8(11)10(12)13-5-7/h4-6,9,14H,2-3H2,1H3. The zero-order valence-corrected chi connectivity index (χ0v) is 10.7. The Hall–Kier alpha value is -0.320. The Morgan fingerprint density at radius 3 is 3.07 bits per heavy atom. The molecular weight excluding hydrogens is 279 g/mol. The molecule has 0 aliphatic carbocycles. The minimum atomic E-state index is 0.249. The highest BCUT2D eigenvalue weighted by molar-refractivity contribution is 9.10. The third kappa shape index (κ3) is 2.62. The summed E-state index contributed by atoms with van der Waals surface area (Å²) in [6.45, 7) is 2.89. The summed E-state index contributed by atoms with van der Waals surface area (Å²) in [5.41, 5.74) is 0.966. The summed E-state index contributed by atoms with van der Waals surface area (Å²) in [5, 5.41) is 3.87. The smallest absolute Gasteiger partial charge is 0.143 e.